The number of hydrogen-bond donors (Lipinski definition) is 0. The third kappa shape index (κ3) is 6.14. The first kappa shape index (κ1) is 39.0. The second kappa shape index (κ2) is 15.4. The second-order valence-corrected chi connectivity index (χ2v) is 17.8. The van der Waals surface area contributed by atoms with Crippen LogP contribution in [0.3, 0.4) is 0 Å². The molecule has 0 saturated carbocycles. The Hall–Kier alpha value is -9.19. The van der Waals surface area contributed by atoms with Crippen molar-refractivity contribution < 1.29 is 9.15 Å². The molecule has 322 valence electrons. The van der Waals surface area contributed by atoms with Crippen molar-refractivity contribution in [1.82, 2.24) is 15.0 Å². The maximum atomic E-state index is 6.72. The van der Waals surface area contributed by atoms with Crippen LogP contribution in [0.2, 0.25) is 0 Å². The predicted octanol–water partition coefficient (Wildman–Crippen LogP) is 16.2. The van der Waals surface area contributed by atoms with Gasteiger partial charge in [-0.2, -0.15) is 0 Å². The first-order valence-electron chi connectivity index (χ1n) is 23.3. The number of nitrogens with zero attached hydrogens (tertiary/aromatic N) is 3. The molecule has 0 N–H and O–H groups in total. The first-order valence-corrected chi connectivity index (χ1v) is 23.3. The average Bonchev–Trinajstić information content (AvgIpc) is 3.94. The first-order chi connectivity index (χ1) is 34.2. The number of aromatic nitrogens is 3. The molecular formula is C64H39N3O2. The van der Waals surface area contributed by atoms with Gasteiger partial charge in [0.15, 0.2) is 17.5 Å². The molecule has 69 heavy (non-hydrogen) atoms. The van der Waals surface area contributed by atoms with E-state index >= 15 is 0 Å². The molecule has 1 aliphatic carbocycles. The van der Waals surface area contributed by atoms with Gasteiger partial charge in [0, 0.05) is 38.6 Å². The maximum Gasteiger partial charge on any atom is 0.164 e. The van der Waals surface area contributed by atoms with Crippen molar-refractivity contribution >= 4 is 21.9 Å². The molecule has 0 bridgehead atoms. The summed E-state index contributed by atoms with van der Waals surface area (Å²) in [5.74, 6) is 3.46. The van der Waals surface area contributed by atoms with Gasteiger partial charge in [-0.25, -0.2) is 15.0 Å². The average molecular weight is 882 g/mol. The van der Waals surface area contributed by atoms with E-state index in [-0.39, 0.29) is 0 Å². The molecule has 10 aromatic carbocycles. The van der Waals surface area contributed by atoms with Crippen LogP contribution in [0.4, 0.5) is 0 Å². The van der Waals surface area contributed by atoms with E-state index in [1.54, 1.807) is 0 Å². The van der Waals surface area contributed by atoms with E-state index in [2.05, 4.69) is 188 Å². The fraction of sp³-hybridized carbons (Fsp3) is 0.0156. The molecule has 0 radical (unpaired) electrons. The van der Waals surface area contributed by atoms with Crippen LogP contribution in [-0.4, -0.2) is 15.0 Å². The van der Waals surface area contributed by atoms with Crippen LogP contribution >= 0.6 is 0 Å². The third-order valence-corrected chi connectivity index (χ3v) is 14.1. The fourth-order valence-electron chi connectivity index (χ4n) is 10.9. The smallest absolute Gasteiger partial charge is 0.164 e. The molecule has 2 aliphatic rings. The van der Waals surface area contributed by atoms with E-state index in [1.165, 1.54) is 27.8 Å². The lowest BCUT2D eigenvalue weighted by Gasteiger charge is -2.39. The van der Waals surface area contributed by atoms with E-state index in [4.69, 9.17) is 24.1 Å². The Bertz CT molecular complexity index is 3930. The number of hydrogen-bond acceptors (Lipinski definition) is 5. The van der Waals surface area contributed by atoms with Gasteiger partial charge >= 0.3 is 0 Å². The minimum atomic E-state index is -0.689. The van der Waals surface area contributed by atoms with E-state index < -0.39 is 5.41 Å². The highest BCUT2D eigenvalue weighted by atomic mass is 16.5. The standard InChI is InChI=1S/C64H39N3O2/c1-3-14-40(15-4-1)41-26-28-42(29-27-41)43-30-32-44(33-31-43)46-34-36-52-51(38-46)60-49(19-13-22-55(60)64(52)53-20-8-11-24-58(53)69-59-25-12-9-21-54(59)64)63-66-61(45-16-5-2-6-17-45)65-62(67-63)47-35-37-57-50(39-47)48-18-7-10-23-56(48)68-57/h1-39H. The van der Waals surface area contributed by atoms with Crippen LogP contribution in [-0.2, 0) is 5.41 Å². The second-order valence-electron chi connectivity index (χ2n) is 17.8. The molecule has 1 spiro atoms. The fourth-order valence-corrected chi connectivity index (χ4v) is 10.9. The highest BCUT2D eigenvalue weighted by Gasteiger charge is 2.52. The summed E-state index contributed by atoms with van der Waals surface area (Å²) in [4.78, 5) is 15.9. The lowest BCUT2D eigenvalue weighted by atomic mass is 9.66. The zero-order valence-corrected chi connectivity index (χ0v) is 37.2. The van der Waals surface area contributed by atoms with E-state index in [0.29, 0.717) is 17.5 Å². The number of fused-ring (bicyclic) bond motifs is 12. The molecule has 5 nitrogen and oxygen atoms in total. The van der Waals surface area contributed by atoms with Gasteiger partial charge in [-0.3, -0.25) is 0 Å². The summed E-state index contributed by atoms with van der Waals surface area (Å²) < 4.78 is 13.0. The van der Waals surface area contributed by atoms with Gasteiger partial charge in [-0.05, 0) is 98.1 Å². The van der Waals surface area contributed by atoms with Gasteiger partial charge in [0.25, 0.3) is 0 Å². The normalized spacial score (nSPS) is 12.9. The van der Waals surface area contributed by atoms with Gasteiger partial charge in [-0.1, -0.05) is 194 Å². The Morgan fingerprint density at radius 1 is 0.290 bits per heavy atom. The monoisotopic (exact) mass is 881 g/mol. The summed E-state index contributed by atoms with van der Waals surface area (Å²) in [7, 11) is 0. The molecule has 14 rings (SSSR count). The van der Waals surface area contributed by atoms with Gasteiger partial charge in [0.2, 0.25) is 0 Å². The molecule has 1 aliphatic heterocycles. The number of ether oxygens (including phenoxy) is 1. The van der Waals surface area contributed by atoms with Gasteiger partial charge in [0.1, 0.15) is 22.7 Å². The van der Waals surface area contributed by atoms with Gasteiger partial charge in [-0.15, -0.1) is 0 Å². The summed E-state index contributed by atoms with van der Waals surface area (Å²) in [5, 5.41) is 2.07. The molecule has 2 aromatic heterocycles. The zero-order valence-electron chi connectivity index (χ0n) is 37.2. The van der Waals surface area contributed by atoms with E-state index in [9.17, 15) is 0 Å². The highest BCUT2D eigenvalue weighted by Crippen LogP contribution is 2.63. The quantitative estimate of drug-likeness (QED) is 0.166. The molecule has 0 atom stereocenters. The lowest BCUT2D eigenvalue weighted by molar-refractivity contribution is 0.436. The Morgan fingerprint density at radius 2 is 0.783 bits per heavy atom. The van der Waals surface area contributed by atoms with Crippen molar-refractivity contribution in [3.05, 3.63) is 259 Å². The van der Waals surface area contributed by atoms with Crippen LogP contribution < -0.4 is 4.74 Å². The topological polar surface area (TPSA) is 61.0 Å². The Morgan fingerprint density at radius 3 is 1.46 bits per heavy atom. The van der Waals surface area contributed by atoms with Crippen molar-refractivity contribution in [2.24, 2.45) is 0 Å². The molecule has 5 heteroatoms. The summed E-state index contributed by atoms with van der Waals surface area (Å²) in [6, 6.07) is 83.4. The molecule has 0 unspecified atom stereocenters. The van der Waals surface area contributed by atoms with Crippen molar-refractivity contribution in [3.8, 4) is 90.2 Å². The highest BCUT2D eigenvalue weighted by molar-refractivity contribution is 6.06. The summed E-state index contributed by atoms with van der Waals surface area (Å²) >= 11 is 0. The van der Waals surface area contributed by atoms with Crippen molar-refractivity contribution in [1.29, 1.82) is 0 Å². The van der Waals surface area contributed by atoms with Crippen molar-refractivity contribution in [2.75, 3.05) is 0 Å². The molecular weight excluding hydrogens is 843 g/mol. The minimum absolute atomic E-state index is 0.585. The Balaban J connectivity index is 0.970. The van der Waals surface area contributed by atoms with Gasteiger partial charge in [0.05, 0.1) is 5.41 Å². The zero-order chi connectivity index (χ0) is 45.5. The Labute approximate surface area is 398 Å². The summed E-state index contributed by atoms with van der Waals surface area (Å²) in [6.45, 7) is 0. The molecule has 3 heterocycles. The summed E-state index contributed by atoms with van der Waals surface area (Å²) in [5.41, 5.74) is 17.4. The van der Waals surface area contributed by atoms with Crippen molar-refractivity contribution in [3.63, 3.8) is 0 Å². The summed E-state index contributed by atoms with van der Waals surface area (Å²) in [6.07, 6.45) is 0. The molecule has 0 amide bonds. The lowest BCUT2D eigenvalue weighted by Crippen LogP contribution is -2.32. The number of rotatable bonds is 6. The van der Waals surface area contributed by atoms with Crippen LogP contribution in [0, 0.1) is 0 Å². The third-order valence-electron chi connectivity index (χ3n) is 14.1. The van der Waals surface area contributed by atoms with Crippen molar-refractivity contribution in [2.45, 2.75) is 5.41 Å². The van der Waals surface area contributed by atoms with Crippen LogP contribution in [0.5, 0.6) is 11.5 Å². The number of furan rings is 1. The number of benzene rings is 10. The molecule has 0 saturated heterocycles. The molecule has 0 fully saturated rings. The SMILES string of the molecule is c1ccc(-c2ccc(-c3ccc(-c4ccc5c(c4)-c4c(-c6nc(-c7ccccc7)nc(-c7ccc8oc9ccccc9c8c7)n6)cccc4C54c5ccccc5Oc5ccccc54)cc3)cc2)cc1. The van der Waals surface area contributed by atoms with E-state index in [0.717, 1.165) is 89.1 Å². The van der Waals surface area contributed by atoms with Crippen LogP contribution in [0.1, 0.15) is 22.3 Å². The predicted molar refractivity (Wildman–Crippen MR) is 277 cm³/mol. The van der Waals surface area contributed by atoms with Crippen LogP contribution in [0.25, 0.3) is 101 Å². The number of para-hydroxylation sites is 3. The molecule has 12 aromatic rings. The van der Waals surface area contributed by atoms with Crippen LogP contribution in [0.15, 0.2) is 241 Å². The minimum Gasteiger partial charge on any atom is -0.457 e. The largest absolute Gasteiger partial charge is 0.457 e. The Kier molecular flexibility index (Phi) is 8.73. The van der Waals surface area contributed by atoms with E-state index in [1.807, 2.05) is 48.5 Å². The maximum absolute atomic E-state index is 6.72. The van der Waals surface area contributed by atoms with Gasteiger partial charge < -0.3 is 9.15 Å².